The first-order valence-electron chi connectivity index (χ1n) is 8.00. The van der Waals surface area contributed by atoms with Crippen molar-refractivity contribution >= 4 is 0 Å². The second-order valence-corrected chi connectivity index (χ2v) is 5.88. The molecule has 2 atom stereocenters. The summed E-state index contributed by atoms with van der Waals surface area (Å²) in [6.45, 7) is 6.03. The molecule has 1 aromatic rings. The molecule has 3 N–H and O–H groups in total. The minimum Gasteiger partial charge on any atom is -0.384 e. The summed E-state index contributed by atoms with van der Waals surface area (Å²) in [5.74, 6) is 0. The third-order valence-corrected chi connectivity index (χ3v) is 4.42. The Kier molecular flexibility index (Phi) is 6.18. The molecule has 2 rings (SSSR count). The van der Waals surface area contributed by atoms with E-state index in [9.17, 15) is 5.11 Å². The van der Waals surface area contributed by atoms with Crippen LogP contribution in [0.2, 0.25) is 0 Å². The third kappa shape index (κ3) is 4.51. The smallest absolute Gasteiger partial charge is 0.103 e. The molecule has 0 aromatic heterocycles. The van der Waals surface area contributed by atoms with Crippen LogP contribution in [0.3, 0.4) is 0 Å². The van der Waals surface area contributed by atoms with Gasteiger partial charge in [0.1, 0.15) is 5.60 Å². The van der Waals surface area contributed by atoms with Crippen LogP contribution >= 0.6 is 0 Å². The molecule has 0 bridgehead atoms. The summed E-state index contributed by atoms with van der Waals surface area (Å²) in [6.07, 6.45) is 3.32. The molecule has 0 amide bonds. The second-order valence-electron chi connectivity index (χ2n) is 5.88. The predicted molar refractivity (Wildman–Crippen MR) is 85.1 cm³/mol. The zero-order valence-electron chi connectivity index (χ0n) is 13.0. The maximum atomic E-state index is 10.8. The number of benzene rings is 1. The molecule has 4 nitrogen and oxygen atoms in total. The van der Waals surface area contributed by atoms with E-state index in [1.165, 1.54) is 6.42 Å². The van der Waals surface area contributed by atoms with Gasteiger partial charge in [-0.3, -0.25) is 0 Å². The highest BCUT2D eigenvalue weighted by Crippen LogP contribution is 2.24. The topological polar surface area (TPSA) is 58.7 Å². The van der Waals surface area contributed by atoms with Crippen LogP contribution in [0.5, 0.6) is 0 Å². The van der Waals surface area contributed by atoms with Crippen LogP contribution in [0, 0.1) is 0 Å². The van der Waals surface area contributed by atoms with Gasteiger partial charge in [0.15, 0.2) is 0 Å². The highest BCUT2D eigenvalue weighted by Gasteiger charge is 2.28. The predicted octanol–water partition coefficient (Wildman–Crippen LogP) is 1.72. The Balaban J connectivity index is 1.91. The van der Waals surface area contributed by atoms with Crippen molar-refractivity contribution in [3.63, 3.8) is 0 Å². The molecule has 0 saturated carbocycles. The van der Waals surface area contributed by atoms with E-state index in [0.717, 1.165) is 38.2 Å². The molecule has 2 unspecified atom stereocenters. The van der Waals surface area contributed by atoms with Gasteiger partial charge in [-0.15, -0.1) is 0 Å². The highest BCUT2D eigenvalue weighted by molar-refractivity contribution is 5.22. The maximum Gasteiger partial charge on any atom is 0.103 e. The van der Waals surface area contributed by atoms with Crippen molar-refractivity contribution < 1.29 is 9.84 Å². The minimum atomic E-state index is -0.939. The quantitative estimate of drug-likeness (QED) is 0.766. The summed E-state index contributed by atoms with van der Waals surface area (Å²) in [5.41, 5.74) is 5.80. The Bertz CT molecular complexity index is 407. The van der Waals surface area contributed by atoms with Crippen LogP contribution in [0.1, 0.15) is 31.7 Å². The Hall–Kier alpha value is -0.940. The first-order chi connectivity index (χ1) is 10.2. The Morgan fingerprint density at radius 3 is 2.71 bits per heavy atom. The summed E-state index contributed by atoms with van der Waals surface area (Å²) in [5, 5.41) is 10.8. The van der Waals surface area contributed by atoms with Gasteiger partial charge in [-0.05, 0) is 31.4 Å². The van der Waals surface area contributed by atoms with Crippen LogP contribution in [0.4, 0.5) is 0 Å². The Morgan fingerprint density at radius 1 is 1.38 bits per heavy atom. The monoisotopic (exact) mass is 292 g/mol. The number of rotatable bonds is 8. The largest absolute Gasteiger partial charge is 0.384 e. The first kappa shape index (κ1) is 16.4. The number of hydrogen-bond donors (Lipinski definition) is 2. The lowest BCUT2D eigenvalue weighted by Gasteiger charge is -2.31. The summed E-state index contributed by atoms with van der Waals surface area (Å²) < 4.78 is 5.70. The standard InChI is InChI=1S/C17H28N2O2/c1-2-19(13-16-9-6-12-21-16)11-10-17(20,14-18)15-7-4-3-5-8-15/h3-5,7-8,16,20H,2,6,9-14,18H2,1H3. The molecule has 1 heterocycles. The van der Waals surface area contributed by atoms with E-state index in [0.29, 0.717) is 12.5 Å². The SMILES string of the molecule is CCN(CCC(O)(CN)c1ccccc1)CC1CCCO1. The van der Waals surface area contributed by atoms with Crippen molar-refractivity contribution in [2.45, 2.75) is 37.9 Å². The first-order valence-corrected chi connectivity index (χ1v) is 8.00. The fourth-order valence-corrected chi connectivity index (χ4v) is 2.91. The average molecular weight is 292 g/mol. The van der Waals surface area contributed by atoms with Crippen molar-refractivity contribution in [3.8, 4) is 0 Å². The molecule has 0 spiro atoms. The molecular weight excluding hydrogens is 264 g/mol. The maximum absolute atomic E-state index is 10.8. The van der Waals surface area contributed by atoms with Crippen LogP contribution < -0.4 is 5.73 Å². The second kappa shape index (κ2) is 7.90. The molecule has 4 heteroatoms. The number of aliphatic hydroxyl groups is 1. The van der Waals surface area contributed by atoms with Crippen molar-refractivity contribution in [1.29, 1.82) is 0 Å². The molecule has 1 fully saturated rings. The van der Waals surface area contributed by atoms with Crippen LogP contribution in [0.15, 0.2) is 30.3 Å². The molecule has 0 radical (unpaired) electrons. The molecule has 1 aliphatic rings. The molecule has 1 aromatic carbocycles. The number of ether oxygens (including phenoxy) is 1. The van der Waals surface area contributed by atoms with Crippen molar-refractivity contribution in [1.82, 2.24) is 4.90 Å². The number of likely N-dealkylation sites (N-methyl/N-ethyl adjacent to an activating group) is 1. The van der Waals surface area contributed by atoms with Crippen LogP contribution in [-0.4, -0.2) is 48.9 Å². The van der Waals surface area contributed by atoms with Gasteiger partial charge >= 0.3 is 0 Å². The molecule has 1 saturated heterocycles. The number of hydrogen-bond acceptors (Lipinski definition) is 4. The van der Waals surface area contributed by atoms with Crippen LogP contribution in [-0.2, 0) is 10.3 Å². The Labute approximate surface area is 127 Å². The lowest BCUT2D eigenvalue weighted by atomic mass is 9.90. The van der Waals surface area contributed by atoms with Crippen molar-refractivity contribution in [2.24, 2.45) is 5.73 Å². The van der Waals surface area contributed by atoms with E-state index in [1.807, 2.05) is 30.3 Å². The Morgan fingerprint density at radius 2 is 2.14 bits per heavy atom. The van der Waals surface area contributed by atoms with E-state index in [1.54, 1.807) is 0 Å². The van der Waals surface area contributed by atoms with E-state index < -0.39 is 5.60 Å². The van der Waals surface area contributed by atoms with Gasteiger partial charge in [-0.25, -0.2) is 0 Å². The fraction of sp³-hybridized carbons (Fsp3) is 0.647. The summed E-state index contributed by atoms with van der Waals surface area (Å²) in [6, 6.07) is 9.74. The summed E-state index contributed by atoms with van der Waals surface area (Å²) in [7, 11) is 0. The molecule has 1 aliphatic heterocycles. The normalized spacial score (nSPS) is 21.6. The lowest BCUT2D eigenvalue weighted by Crippen LogP contribution is -2.40. The zero-order chi connectivity index (χ0) is 15.1. The molecule has 0 aliphatic carbocycles. The van der Waals surface area contributed by atoms with Gasteiger partial charge in [0.05, 0.1) is 6.10 Å². The van der Waals surface area contributed by atoms with Gasteiger partial charge < -0.3 is 20.5 Å². The number of nitrogens with two attached hydrogens (primary N) is 1. The van der Waals surface area contributed by atoms with E-state index in [2.05, 4.69) is 11.8 Å². The average Bonchev–Trinajstić information content (AvgIpc) is 3.05. The van der Waals surface area contributed by atoms with Gasteiger partial charge in [-0.2, -0.15) is 0 Å². The van der Waals surface area contributed by atoms with Crippen molar-refractivity contribution in [2.75, 3.05) is 32.8 Å². The van der Waals surface area contributed by atoms with E-state index in [-0.39, 0.29) is 6.54 Å². The fourth-order valence-electron chi connectivity index (χ4n) is 2.91. The van der Waals surface area contributed by atoms with Gasteiger partial charge in [0, 0.05) is 26.2 Å². The van der Waals surface area contributed by atoms with E-state index in [4.69, 9.17) is 10.5 Å². The summed E-state index contributed by atoms with van der Waals surface area (Å²) >= 11 is 0. The lowest BCUT2D eigenvalue weighted by molar-refractivity contribution is 0.0173. The van der Waals surface area contributed by atoms with Crippen molar-refractivity contribution in [3.05, 3.63) is 35.9 Å². The van der Waals surface area contributed by atoms with Gasteiger partial charge in [0.2, 0.25) is 0 Å². The third-order valence-electron chi connectivity index (χ3n) is 4.42. The highest BCUT2D eigenvalue weighted by atomic mass is 16.5. The van der Waals surface area contributed by atoms with Gasteiger partial charge in [-0.1, -0.05) is 37.3 Å². The molecule has 21 heavy (non-hydrogen) atoms. The molecular formula is C17H28N2O2. The minimum absolute atomic E-state index is 0.245. The zero-order valence-corrected chi connectivity index (χ0v) is 13.0. The summed E-state index contributed by atoms with van der Waals surface area (Å²) in [4.78, 5) is 2.35. The number of nitrogens with zero attached hydrogens (tertiary/aromatic N) is 1. The van der Waals surface area contributed by atoms with Gasteiger partial charge in [0.25, 0.3) is 0 Å². The molecule has 118 valence electrons. The van der Waals surface area contributed by atoms with Crippen LogP contribution in [0.25, 0.3) is 0 Å². The van der Waals surface area contributed by atoms with E-state index >= 15 is 0 Å².